The normalized spacial score (nSPS) is 10.9. The molecule has 4 heteroatoms. The van der Waals surface area contributed by atoms with E-state index in [1.807, 2.05) is 11.7 Å². The summed E-state index contributed by atoms with van der Waals surface area (Å²) < 4.78 is 1.89. The monoisotopic (exact) mass is 235 g/mol. The molecule has 0 aliphatic rings. The Morgan fingerprint density at radius 3 is 3.00 bits per heavy atom. The van der Waals surface area contributed by atoms with Gasteiger partial charge >= 0.3 is 0 Å². The molecule has 2 aromatic rings. The van der Waals surface area contributed by atoms with Gasteiger partial charge in [0.15, 0.2) is 0 Å². The lowest BCUT2D eigenvalue weighted by atomic mass is 10.2. The van der Waals surface area contributed by atoms with Crippen LogP contribution in [0.3, 0.4) is 0 Å². The third kappa shape index (κ3) is 2.71. The number of aryl methyl sites for hydroxylation is 2. The van der Waals surface area contributed by atoms with E-state index in [-0.39, 0.29) is 0 Å². The van der Waals surface area contributed by atoms with Crippen molar-refractivity contribution in [1.29, 1.82) is 0 Å². The zero-order valence-electron chi connectivity index (χ0n) is 9.73. The lowest BCUT2D eigenvalue weighted by Gasteiger charge is -2.02. The maximum atomic E-state index is 4.42. The Bertz CT molecular complexity index is 431. The molecule has 0 fully saturated rings. The molecule has 0 saturated heterocycles. The molecule has 2 aromatic heterocycles. The van der Waals surface area contributed by atoms with E-state index in [9.17, 15) is 0 Å². The van der Waals surface area contributed by atoms with E-state index >= 15 is 0 Å². The zero-order chi connectivity index (χ0) is 11.4. The molecule has 2 heterocycles. The number of thiophene rings is 1. The van der Waals surface area contributed by atoms with E-state index < -0.39 is 0 Å². The lowest BCUT2D eigenvalue weighted by molar-refractivity contribution is 0.695. The summed E-state index contributed by atoms with van der Waals surface area (Å²) in [6.07, 6.45) is 3.09. The first-order valence-electron chi connectivity index (χ1n) is 5.54. The van der Waals surface area contributed by atoms with Crippen LogP contribution in [0.5, 0.6) is 0 Å². The first-order valence-corrected chi connectivity index (χ1v) is 6.42. The smallest absolute Gasteiger partial charge is 0.0666 e. The second kappa shape index (κ2) is 5.27. The minimum atomic E-state index is 0.898. The van der Waals surface area contributed by atoms with Gasteiger partial charge in [-0.15, -0.1) is 11.3 Å². The highest BCUT2D eigenvalue weighted by molar-refractivity contribution is 7.09. The van der Waals surface area contributed by atoms with E-state index in [2.05, 4.69) is 41.0 Å². The van der Waals surface area contributed by atoms with Gasteiger partial charge in [-0.05, 0) is 17.9 Å². The fraction of sp³-hybridized carbons (Fsp3) is 0.417. The average molecular weight is 235 g/mol. The fourth-order valence-electron chi connectivity index (χ4n) is 1.76. The number of hydrogen-bond donors (Lipinski definition) is 1. The highest BCUT2D eigenvalue weighted by Crippen LogP contribution is 2.10. The molecule has 0 saturated carbocycles. The maximum Gasteiger partial charge on any atom is 0.0666 e. The molecule has 0 aliphatic carbocycles. The molecule has 86 valence electrons. The van der Waals surface area contributed by atoms with Gasteiger partial charge in [0.2, 0.25) is 0 Å². The molecule has 3 nitrogen and oxygen atoms in total. The standard InChI is InChI=1S/C12H17N3S/c1-3-12-10(9-15(2)14-12)7-13-8-11-5-4-6-16-11/h4-6,9,13H,3,7-8H2,1-2H3. The minimum Gasteiger partial charge on any atom is -0.308 e. The van der Waals surface area contributed by atoms with Crippen molar-refractivity contribution < 1.29 is 0 Å². The van der Waals surface area contributed by atoms with E-state index in [1.54, 1.807) is 11.3 Å². The Morgan fingerprint density at radius 2 is 2.31 bits per heavy atom. The highest BCUT2D eigenvalue weighted by atomic mass is 32.1. The van der Waals surface area contributed by atoms with Crippen molar-refractivity contribution in [3.05, 3.63) is 39.8 Å². The van der Waals surface area contributed by atoms with Crippen LogP contribution in [0.15, 0.2) is 23.7 Å². The number of rotatable bonds is 5. The predicted molar refractivity (Wildman–Crippen MR) is 67.4 cm³/mol. The summed E-state index contributed by atoms with van der Waals surface area (Å²) in [6, 6.07) is 4.24. The van der Waals surface area contributed by atoms with Crippen molar-refractivity contribution >= 4 is 11.3 Å². The van der Waals surface area contributed by atoms with E-state index in [4.69, 9.17) is 0 Å². The molecule has 0 unspecified atom stereocenters. The van der Waals surface area contributed by atoms with Crippen LogP contribution in [0.25, 0.3) is 0 Å². The topological polar surface area (TPSA) is 29.9 Å². The summed E-state index contributed by atoms with van der Waals surface area (Å²) in [5.74, 6) is 0. The average Bonchev–Trinajstić information content (AvgIpc) is 2.88. The van der Waals surface area contributed by atoms with Crippen molar-refractivity contribution in [3.8, 4) is 0 Å². The SMILES string of the molecule is CCc1nn(C)cc1CNCc1cccs1. The van der Waals surface area contributed by atoms with Gasteiger partial charge < -0.3 is 5.32 Å². The van der Waals surface area contributed by atoms with Crippen LogP contribution in [0.4, 0.5) is 0 Å². The van der Waals surface area contributed by atoms with Gasteiger partial charge in [-0.1, -0.05) is 13.0 Å². The summed E-state index contributed by atoms with van der Waals surface area (Å²) in [7, 11) is 1.97. The zero-order valence-corrected chi connectivity index (χ0v) is 10.5. The second-order valence-electron chi connectivity index (χ2n) is 3.81. The van der Waals surface area contributed by atoms with Crippen LogP contribution >= 0.6 is 11.3 Å². The number of nitrogens with one attached hydrogen (secondary N) is 1. The molecule has 0 atom stereocenters. The molecular formula is C12H17N3S. The van der Waals surface area contributed by atoms with Crippen molar-refractivity contribution in [2.24, 2.45) is 7.05 Å². The Balaban J connectivity index is 1.89. The largest absolute Gasteiger partial charge is 0.308 e. The third-order valence-corrected chi connectivity index (χ3v) is 3.40. The minimum absolute atomic E-state index is 0.898. The van der Waals surface area contributed by atoms with E-state index in [1.165, 1.54) is 16.1 Å². The van der Waals surface area contributed by atoms with E-state index in [0.29, 0.717) is 0 Å². The molecule has 16 heavy (non-hydrogen) atoms. The lowest BCUT2D eigenvalue weighted by Crippen LogP contribution is -2.12. The van der Waals surface area contributed by atoms with Crippen LogP contribution in [-0.2, 0) is 26.6 Å². The third-order valence-electron chi connectivity index (χ3n) is 2.52. The molecule has 0 bridgehead atoms. The second-order valence-corrected chi connectivity index (χ2v) is 4.84. The van der Waals surface area contributed by atoms with E-state index in [0.717, 1.165) is 19.5 Å². The van der Waals surface area contributed by atoms with Gasteiger partial charge in [-0.3, -0.25) is 4.68 Å². The van der Waals surface area contributed by atoms with Gasteiger partial charge in [0.1, 0.15) is 0 Å². The number of hydrogen-bond acceptors (Lipinski definition) is 3. The van der Waals surface area contributed by atoms with Crippen LogP contribution in [-0.4, -0.2) is 9.78 Å². The summed E-state index contributed by atoms with van der Waals surface area (Å²) in [4.78, 5) is 1.38. The summed E-state index contributed by atoms with van der Waals surface area (Å²) >= 11 is 1.79. The van der Waals surface area contributed by atoms with Gasteiger partial charge in [0.25, 0.3) is 0 Å². The fourth-order valence-corrected chi connectivity index (χ4v) is 2.44. The van der Waals surface area contributed by atoms with Crippen LogP contribution in [0.2, 0.25) is 0 Å². The maximum absolute atomic E-state index is 4.42. The molecule has 0 aromatic carbocycles. The predicted octanol–water partition coefficient (Wildman–Crippen LogP) is 2.33. The Hall–Kier alpha value is -1.13. The quantitative estimate of drug-likeness (QED) is 0.862. The number of nitrogens with zero attached hydrogens (tertiary/aromatic N) is 2. The van der Waals surface area contributed by atoms with Crippen molar-refractivity contribution in [1.82, 2.24) is 15.1 Å². The molecular weight excluding hydrogens is 218 g/mol. The van der Waals surface area contributed by atoms with Gasteiger partial charge in [-0.2, -0.15) is 5.10 Å². The first kappa shape index (κ1) is 11.4. The first-order chi connectivity index (χ1) is 7.79. The number of aromatic nitrogens is 2. The Morgan fingerprint density at radius 1 is 1.44 bits per heavy atom. The summed E-state index contributed by atoms with van der Waals surface area (Å²) in [5, 5.41) is 9.98. The Labute approximate surface area is 100 Å². The van der Waals surface area contributed by atoms with Crippen LogP contribution in [0, 0.1) is 0 Å². The highest BCUT2D eigenvalue weighted by Gasteiger charge is 2.04. The Kier molecular flexibility index (Phi) is 3.74. The van der Waals surface area contributed by atoms with Gasteiger partial charge in [0.05, 0.1) is 5.69 Å². The van der Waals surface area contributed by atoms with Crippen LogP contribution < -0.4 is 5.32 Å². The van der Waals surface area contributed by atoms with Crippen molar-refractivity contribution in [2.45, 2.75) is 26.4 Å². The molecule has 0 aliphatic heterocycles. The van der Waals surface area contributed by atoms with Crippen molar-refractivity contribution in [3.63, 3.8) is 0 Å². The summed E-state index contributed by atoms with van der Waals surface area (Å²) in [5.41, 5.74) is 2.50. The molecule has 1 N–H and O–H groups in total. The summed E-state index contributed by atoms with van der Waals surface area (Å²) in [6.45, 7) is 3.98. The molecule has 0 radical (unpaired) electrons. The molecule has 2 rings (SSSR count). The van der Waals surface area contributed by atoms with Crippen molar-refractivity contribution in [2.75, 3.05) is 0 Å². The van der Waals surface area contributed by atoms with Crippen LogP contribution in [0.1, 0.15) is 23.1 Å². The molecule has 0 spiro atoms. The molecule has 0 amide bonds. The van der Waals surface area contributed by atoms with Gasteiger partial charge in [0, 0.05) is 36.8 Å². The van der Waals surface area contributed by atoms with Gasteiger partial charge in [-0.25, -0.2) is 0 Å².